The molecular formula is C12H16ClNO2. The van der Waals surface area contributed by atoms with E-state index in [0.717, 1.165) is 11.3 Å². The van der Waals surface area contributed by atoms with Gasteiger partial charge >= 0.3 is 0 Å². The fourth-order valence-corrected chi connectivity index (χ4v) is 1.38. The first-order valence-corrected chi connectivity index (χ1v) is 5.37. The summed E-state index contributed by atoms with van der Waals surface area (Å²) in [6, 6.07) is 7.31. The summed E-state index contributed by atoms with van der Waals surface area (Å²) < 4.78 is 5.04. The first-order valence-electron chi connectivity index (χ1n) is 4.99. The Balaban J connectivity index is 2.45. The standard InChI is InChI=1S/C12H16ClNO2/c1-9(13)7-14-8-12(15)10-3-5-11(16-2)6-4-10/h3-6,12,14-15H,1,7-8H2,2H3. The SMILES string of the molecule is C=C(Cl)CNCC(O)c1ccc(OC)cc1. The molecule has 1 aromatic rings. The molecule has 0 saturated heterocycles. The Morgan fingerprint density at radius 1 is 1.50 bits per heavy atom. The molecule has 0 aliphatic carbocycles. The second-order valence-electron chi connectivity index (χ2n) is 3.44. The van der Waals surface area contributed by atoms with Crippen LogP contribution in [0.1, 0.15) is 11.7 Å². The van der Waals surface area contributed by atoms with E-state index in [2.05, 4.69) is 11.9 Å². The fraction of sp³-hybridized carbons (Fsp3) is 0.333. The smallest absolute Gasteiger partial charge is 0.118 e. The summed E-state index contributed by atoms with van der Waals surface area (Å²) in [6.45, 7) is 4.49. The molecular weight excluding hydrogens is 226 g/mol. The summed E-state index contributed by atoms with van der Waals surface area (Å²) in [5, 5.41) is 13.3. The zero-order chi connectivity index (χ0) is 12.0. The van der Waals surface area contributed by atoms with Gasteiger partial charge in [0.15, 0.2) is 0 Å². The van der Waals surface area contributed by atoms with Gasteiger partial charge < -0.3 is 15.2 Å². The van der Waals surface area contributed by atoms with Crippen molar-refractivity contribution in [2.75, 3.05) is 20.2 Å². The average Bonchev–Trinajstić information content (AvgIpc) is 2.28. The van der Waals surface area contributed by atoms with E-state index in [1.807, 2.05) is 24.3 Å². The Morgan fingerprint density at radius 3 is 2.62 bits per heavy atom. The molecule has 0 aliphatic heterocycles. The number of hydrogen-bond acceptors (Lipinski definition) is 3. The zero-order valence-corrected chi connectivity index (χ0v) is 10.00. The third-order valence-corrected chi connectivity index (χ3v) is 2.29. The third kappa shape index (κ3) is 4.23. The Bertz CT molecular complexity index is 337. The molecule has 0 fully saturated rings. The summed E-state index contributed by atoms with van der Waals surface area (Å²) in [5.41, 5.74) is 0.841. The molecule has 4 heteroatoms. The van der Waals surface area contributed by atoms with Crippen molar-refractivity contribution in [2.45, 2.75) is 6.10 Å². The van der Waals surface area contributed by atoms with Gasteiger partial charge in [-0.05, 0) is 17.7 Å². The van der Waals surface area contributed by atoms with Gasteiger partial charge in [0.25, 0.3) is 0 Å². The molecule has 0 saturated carbocycles. The molecule has 3 nitrogen and oxygen atoms in total. The van der Waals surface area contributed by atoms with Crippen LogP contribution in [0.4, 0.5) is 0 Å². The van der Waals surface area contributed by atoms with Crippen molar-refractivity contribution in [3.8, 4) is 5.75 Å². The van der Waals surface area contributed by atoms with Crippen LogP contribution in [0.3, 0.4) is 0 Å². The van der Waals surface area contributed by atoms with E-state index in [9.17, 15) is 5.11 Å². The molecule has 0 heterocycles. The molecule has 16 heavy (non-hydrogen) atoms. The van der Waals surface area contributed by atoms with Gasteiger partial charge in [-0.25, -0.2) is 0 Å². The highest BCUT2D eigenvalue weighted by Gasteiger charge is 2.06. The molecule has 0 radical (unpaired) electrons. The summed E-state index contributed by atoms with van der Waals surface area (Å²) in [7, 11) is 1.61. The van der Waals surface area contributed by atoms with Crippen molar-refractivity contribution in [3.63, 3.8) is 0 Å². The topological polar surface area (TPSA) is 41.5 Å². The van der Waals surface area contributed by atoms with Crippen LogP contribution in [0.25, 0.3) is 0 Å². The van der Waals surface area contributed by atoms with Crippen molar-refractivity contribution >= 4 is 11.6 Å². The highest BCUT2D eigenvalue weighted by atomic mass is 35.5. The van der Waals surface area contributed by atoms with Crippen LogP contribution in [0.5, 0.6) is 5.75 Å². The Morgan fingerprint density at radius 2 is 2.12 bits per heavy atom. The van der Waals surface area contributed by atoms with Crippen LogP contribution in [0.2, 0.25) is 0 Å². The first-order chi connectivity index (χ1) is 7.63. The van der Waals surface area contributed by atoms with E-state index >= 15 is 0 Å². The predicted octanol–water partition coefficient (Wildman–Crippen LogP) is 2.07. The lowest BCUT2D eigenvalue weighted by Crippen LogP contribution is -2.22. The second-order valence-corrected chi connectivity index (χ2v) is 3.97. The van der Waals surface area contributed by atoms with Crippen molar-refractivity contribution in [3.05, 3.63) is 41.4 Å². The molecule has 88 valence electrons. The normalized spacial score (nSPS) is 12.2. The highest BCUT2D eigenvalue weighted by Crippen LogP contribution is 2.16. The molecule has 1 aromatic carbocycles. The lowest BCUT2D eigenvalue weighted by atomic mass is 10.1. The molecule has 1 unspecified atom stereocenters. The zero-order valence-electron chi connectivity index (χ0n) is 9.24. The van der Waals surface area contributed by atoms with Crippen LogP contribution in [-0.2, 0) is 0 Å². The van der Waals surface area contributed by atoms with Crippen LogP contribution >= 0.6 is 11.6 Å². The van der Waals surface area contributed by atoms with E-state index in [4.69, 9.17) is 16.3 Å². The van der Waals surface area contributed by atoms with Crippen LogP contribution in [0.15, 0.2) is 35.9 Å². The summed E-state index contributed by atoms with van der Waals surface area (Å²) in [5.74, 6) is 0.776. The lowest BCUT2D eigenvalue weighted by Gasteiger charge is -2.12. The van der Waals surface area contributed by atoms with Gasteiger partial charge in [0.1, 0.15) is 5.75 Å². The van der Waals surface area contributed by atoms with E-state index in [1.54, 1.807) is 7.11 Å². The van der Waals surface area contributed by atoms with E-state index in [1.165, 1.54) is 0 Å². The van der Waals surface area contributed by atoms with Crippen molar-refractivity contribution in [2.24, 2.45) is 0 Å². The van der Waals surface area contributed by atoms with E-state index in [0.29, 0.717) is 18.1 Å². The van der Waals surface area contributed by atoms with Crippen molar-refractivity contribution in [1.82, 2.24) is 5.32 Å². The van der Waals surface area contributed by atoms with E-state index in [-0.39, 0.29) is 0 Å². The molecule has 1 rings (SSSR count). The van der Waals surface area contributed by atoms with Crippen LogP contribution < -0.4 is 10.1 Å². The largest absolute Gasteiger partial charge is 0.497 e. The number of ether oxygens (including phenoxy) is 1. The fourth-order valence-electron chi connectivity index (χ4n) is 1.29. The number of methoxy groups -OCH3 is 1. The predicted molar refractivity (Wildman–Crippen MR) is 65.8 cm³/mol. The number of aliphatic hydroxyl groups is 1. The molecule has 0 bridgehead atoms. The van der Waals surface area contributed by atoms with Crippen molar-refractivity contribution in [1.29, 1.82) is 0 Å². The van der Waals surface area contributed by atoms with Gasteiger partial charge in [-0.2, -0.15) is 0 Å². The number of aliphatic hydroxyl groups excluding tert-OH is 1. The van der Waals surface area contributed by atoms with E-state index < -0.39 is 6.10 Å². The third-order valence-electron chi connectivity index (χ3n) is 2.16. The van der Waals surface area contributed by atoms with Gasteiger partial charge in [0.2, 0.25) is 0 Å². The van der Waals surface area contributed by atoms with Gasteiger partial charge in [-0.3, -0.25) is 0 Å². The molecule has 1 atom stereocenters. The Kier molecular flexibility index (Phi) is 5.32. The molecule has 2 N–H and O–H groups in total. The maximum atomic E-state index is 9.82. The number of benzene rings is 1. The highest BCUT2D eigenvalue weighted by molar-refractivity contribution is 6.29. The number of hydrogen-bond donors (Lipinski definition) is 2. The average molecular weight is 242 g/mol. The number of nitrogens with one attached hydrogen (secondary N) is 1. The minimum atomic E-state index is -0.554. The Labute approximate surface area is 101 Å². The number of rotatable bonds is 6. The molecule has 0 spiro atoms. The molecule has 0 aromatic heterocycles. The summed E-state index contributed by atoms with van der Waals surface area (Å²) in [6.07, 6.45) is -0.554. The first kappa shape index (κ1) is 13.0. The summed E-state index contributed by atoms with van der Waals surface area (Å²) >= 11 is 5.59. The van der Waals surface area contributed by atoms with Crippen LogP contribution in [0, 0.1) is 0 Å². The minimum Gasteiger partial charge on any atom is -0.497 e. The monoisotopic (exact) mass is 241 g/mol. The van der Waals surface area contributed by atoms with Gasteiger partial charge in [-0.1, -0.05) is 30.3 Å². The van der Waals surface area contributed by atoms with Gasteiger partial charge in [0.05, 0.1) is 13.2 Å². The van der Waals surface area contributed by atoms with Gasteiger partial charge in [0, 0.05) is 18.1 Å². The maximum absolute atomic E-state index is 9.82. The van der Waals surface area contributed by atoms with Crippen LogP contribution in [-0.4, -0.2) is 25.3 Å². The second kappa shape index (κ2) is 6.53. The lowest BCUT2D eigenvalue weighted by molar-refractivity contribution is 0.176. The quantitative estimate of drug-likeness (QED) is 0.801. The van der Waals surface area contributed by atoms with Gasteiger partial charge in [-0.15, -0.1) is 0 Å². The molecule has 0 aliphatic rings. The maximum Gasteiger partial charge on any atom is 0.118 e. The van der Waals surface area contributed by atoms with Crippen molar-refractivity contribution < 1.29 is 9.84 Å². The summed E-state index contributed by atoms with van der Waals surface area (Å²) in [4.78, 5) is 0. The minimum absolute atomic E-state index is 0.443. The Hall–Kier alpha value is -1.03. The molecule has 0 amide bonds. The number of halogens is 1.